The van der Waals surface area contributed by atoms with Gasteiger partial charge in [-0.1, -0.05) is 5.92 Å². The van der Waals surface area contributed by atoms with E-state index < -0.39 is 0 Å². The van der Waals surface area contributed by atoms with Crippen molar-refractivity contribution in [3.05, 3.63) is 18.5 Å². The Bertz CT molecular complexity index is 327. The molecule has 1 aromatic heterocycles. The highest BCUT2D eigenvalue weighted by molar-refractivity contribution is 5.66. The first kappa shape index (κ1) is 9.40. The second-order valence-electron chi connectivity index (χ2n) is 2.89. The molecule has 3 nitrogen and oxygen atoms in total. The van der Waals surface area contributed by atoms with Gasteiger partial charge >= 0.3 is 0 Å². The number of pyridine rings is 1. The second kappa shape index (κ2) is 3.81. The number of nitrogen functional groups attached to an aromatic ring is 1. The molecule has 1 heterocycles. The Hall–Kier alpha value is -1.69. The third kappa shape index (κ3) is 1.91. The zero-order valence-corrected chi connectivity index (χ0v) is 7.86. The van der Waals surface area contributed by atoms with E-state index in [1.165, 1.54) is 0 Å². The van der Waals surface area contributed by atoms with Crippen LogP contribution in [-0.4, -0.2) is 18.1 Å². The normalized spacial score (nSPS) is 11.8. The van der Waals surface area contributed by atoms with Crippen LogP contribution in [0.3, 0.4) is 0 Å². The molecule has 0 amide bonds. The van der Waals surface area contributed by atoms with Crippen molar-refractivity contribution >= 4 is 11.4 Å². The molecule has 1 unspecified atom stereocenters. The van der Waals surface area contributed by atoms with Crippen LogP contribution in [0, 0.1) is 12.3 Å². The summed E-state index contributed by atoms with van der Waals surface area (Å²) in [4.78, 5) is 5.85. The Morgan fingerprint density at radius 2 is 2.38 bits per heavy atom. The number of rotatable bonds is 2. The molecule has 1 atom stereocenters. The molecule has 0 aliphatic heterocycles. The van der Waals surface area contributed by atoms with Crippen LogP contribution in [0.2, 0.25) is 0 Å². The minimum atomic E-state index is 0.0321. The summed E-state index contributed by atoms with van der Waals surface area (Å²) in [5.41, 5.74) is 7.30. The summed E-state index contributed by atoms with van der Waals surface area (Å²) in [6.45, 7) is 1.94. The lowest BCUT2D eigenvalue weighted by molar-refractivity contribution is 0.848. The molecule has 0 bridgehead atoms. The lowest BCUT2D eigenvalue weighted by atomic mass is 10.2. The number of aromatic nitrogens is 1. The molecule has 0 aliphatic carbocycles. The molecule has 0 aliphatic rings. The largest absolute Gasteiger partial charge is 0.396 e. The maximum absolute atomic E-state index is 5.74. The molecule has 1 aromatic rings. The van der Waals surface area contributed by atoms with E-state index >= 15 is 0 Å². The van der Waals surface area contributed by atoms with Crippen LogP contribution in [-0.2, 0) is 0 Å². The number of terminal acetylenes is 1. The van der Waals surface area contributed by atoms with Gasteiger partial charge in [0.25, 0.3) is 0 Å². The molecule has 13 heavy (non-hydrogen) atoms. The number of nitrogens with zero attached hydrogens (tertiary/aromatic N) is 2. The van der Waals surface area contributed by atoms with Gasteiger partial charge in [0.2, 0.25) is 0 Å². The lowest BCUT2D eigenvalue weighted by Crippen LogP contribution is -2.27. The van der Waals surface area contributed by atoms with E-state index in [9.17, 15) is 0 Å². The average molecular weight is 175 g/mol. The van der Waals surface area contributed by atoms with Crippen molar-refractivity contribution in [3.8, 4) is 12.3 Å². The zero-order valence-electron chi connectivity index (χ0n) is 7.86. The Morgan fingerprint density at radius 1 is 1.69 bits per heavy atom. The number of nitrogens with two attached hydrogens (primary N) is 1. The van der Waals surface area contributed by atoms with Gasteiger partial charge in [0, 0.05) is 13.2 Å². The maximum Gasteiger partial charge on any atom is 0.0870 e. The number of anilines is 2. The van der Waals surface area contributed by atoms with Gasteiger partial charge in [-0.25, -0.2) is 0 Å². The first-order valence-corrected chi connectivity index (χ1v) is 4.05. The molecule has 68 valence electrons. The molecular formula is C10H13N3. The molecular weight excluding hydrogens is 162 g/mol. The maximum atomic E-state index is 5.74. The van der Waals surface area contributed by atoms with Crippen LogP contribution in [0.25, 0.3) is 0 Å². The smallest absolute Gasteiger partial charge is 0.0870 e. The van der Waals surface area contributed by atoms with E-state index in [0.29, 0.717) is 5.69 Å². The molecule has 2 N–H and O–H groups in total. The predicted octanol–water partition coefficient (Wildman–Crippen LogP) is 1.12. The first-order valence-electron chi connectivity index (χ1n) is 4.05. The van der Waals surface area contributed by atoms with Gasteiger partial charge in [0.05, 0.1) is 23.6 Å². The van der Waals surface area contributed by atoms with E-state index in [4.69, 9.17) is 12.2 Å². The average Bonchev–Trinajstić information content (AvgIpc) is 2.16. The van der Waals surface area contributed by atoms with Crippen LogP contribution in [0.4, 0.5) is 11.4 Å². The number of hydrogen-bond donors (Lipinski definition) is 1. The van der Waals surface area contributed by atoms with Crippen molar-refractivity contribution in [3.63, 3.8) is 0 Å². The van der Waals surface area contributed by atoms with Crippen molar-refractivity contribution in [2.24, 2.45) is 0 Å². The van der Waals surface area contributed by atoms with E-state index in [1.807, 2.05) is 24.9 Å². The highest BCUT2D eigenvalue weighted by atomic mass is 15.1. The van der Waals surface area contributed by atoms with Crippen molar-refractivity contribution in [2.75, 3.05) is 17.7 Å². The molecule has 0 spiro atoms. The standard InChI is InChI=1S/C10H13N3/c1-4-8(2)13(3)10-5-6-12-7-9(10)11/h1,5-8H,11H2,2-3H3. The van der Waals surface area contributed by atoms with Gasteiger partial charge in [-0.05, 0) is 13.0 Å². The highest BCUT2D eigenvalue weighted by Gasteiger charge is 2.08. The van der Waals surface area contributed by atoms with E-state index in [0.717, 1.165) is 5.69 Å². The molecule has 0 saturated carbocycles. The zero-order chi connectivity index (χ0) is 9.84. The summed E-state index contributed by atoms with van der Waals surface area (Å²) in [5, 5.41) is 0. The molecule has 1 rings (SSSR count). The summed E-state index contributed by atoms with van der Waals surface area (Å²) in [6, 6.07) is 1.88. The van der Waals surface area contributed by atoms with Crippen LogP contribution in [0.1, 0.15) is 6.92 Å². The fourth-order valence-electron chi connectivity index (χ4n) is 1.04. The van der Waals surface area contributed by atoms with Crippen LogP contribution in [0.5, 0.6) is 0 Å². The monoisotopic (exact) mass is 175 g/mol. The minimum Gasteiger partial charge on any atom is -0.396 e. The summed E-state index contributed by atoms with van der Waals surface area (Å²) in [7, 11) is 1.91. The van der Waals surface area contributed by atoms with Gasteiger partial charge in [0.15, 0.2) is 0 Å². The van der Waals surface area contributed by atoms with Crippen LogP contribution >= 0.6 is 0 Å². The van der Waals surface area contributed by atoms with E-state index in [1.54, 1.807) is 12.4 Å². The van der Waals surface area contributed by atoms with E-state index in [2.05, 4.69) is 10.9 Å². The van der Waals surface area contributed by atoms with Crippen molar-refractivity contribution in [1.82, 2.24) is 4.98 Å². The Labute approximate surface area is 78.6 Å². The first-order chi connectivity index (χ1) is 6.16. The van der Waals surface area contributed by atoms with Gasteiger partial charge in [-0.15, -0.1) is 6.42 Å². The summed E-state index contributed by atoms with van der Waals surface area (Å²) in [6.07, 6.45) is 8.63. The summed E-state index contributed by atoms with van der Waals surface area (Å²) in [5.74, 6) is 2.64. The quantitative estimate of drug-likeness (QED) is 0.685. The Morgan fingerprint density at radius 3 is 2.92 bits per heavy atom. The third-order valence-electron chi connectivity index (χ3n) is 2.03. The predicted molar refractivity (Wildman–Crippen MR) is 55.3 cm³/mol. The lowest BCUT2D eigenvalue weighted by Gasteiger charge is -2.23. The topological polar surface area (TPSA) is 42.2 Å². The molecule has 0 radical (unpaired) electrons. The van der Waals surface area contributed by atoms with Gasteiger partial charge in [-0.3, -0.25) is 4.98 Å². The Balaban J connectivity index is 2.96. The fraction of sp³-hybridized carbons (Fsp3) is 0.300. The summed E-state index contributed by atoms with van der Waals surface area (Å²) >= 11 is 0. The van der Waals surface area contributed by atoms with Gasteiger partial charge < -0.3 is 10.6 Å². The van der Waals surface area contributed by atoms with E-state index in [-0.39, 0.29) is 6.04 Å². The fourth-order valence-corrected chi connectivity index (χ4v) is 1.04. The van der Waals surface area contributed by atoms with Crippen molar-refractivity contribution < 1.29 is 0 Å². The van der Waals surface area contributed by atoms with Crippen LogP contribution < -0.4 is 10.6 Å². The summed E-state index contributed by atoms with van der Waals surface area (Å²) < 4.78 is 0. The second-order valence-corrected chi connectivity index (χ2v) is 2.89. The molecule has 0 fully saturated rings. The van der Waals surface area contributed by atoms with Gasteiger partial charge in [0.1, 0.15) is 0 Å². The van der Waals surface area contributed by atoms with Crippen LogP contribution in [0.15, 0.2) is 18.5 Å². The SMILES string of the molecule is C#CC(C)N(C)c1ccncc1N. The minimum absolute atomic E-state index is 0.0321. The molecule has 3 heteroatoms. The number of hydrogen-bond acceptors (Lipinski definition) is 3. The molecule has 0 aromatic carbocycles. The van der Waals surface area contributed by atoms with Crippen molar-refractivity contribution in [1.29, 1.82) is 0 Å². The van der Waals surface area contributed by atoms with Gasteiger partial charge in [-0.2, -0.15) is 0 Å². The Kier molecular flexibility index (Phi) is 2.76. The molecule has 0 saturated heterocycles. The van der Waals surface area contributed by atoms with Crippen molar-refractivity contribution in [2.45, 2.75) is 13.0 Å². The third-order valence-corrected chi connectivity index (χ3v) is 2.03. The highest BCUT2D eigenvalue weighted by Crippen LogP contribution is 2.21.